The highest BCUT2D eigenvalue weighted by Crippen LogP contribution is 2.73. The van der Waals surface area contributed by atoms with Gasteiger partial charge in [-0.05, 0) is 48.9 Å². The third kappa shape index (κ3) is 1.84. The van der Waals surface area contributed by atoms with Crippen LogP contribution < -0.4 is 0 Å². The van der Waals surface area contributed by atoms with E-state index in [1.165, 1.54) is 32.1 Å². The molecule has 0 aromatic rings. The molecule has 3 fully saturated rings. The van der Waals surface area contributed by atoms with Crippen LogP contribution in [0.4, 0.5) is 0 Å². The minimum atomic E-state index is -0.306. The van der Waals surface area contributed by atoms with Gasteiger partial charge in [-0.1, -0.05) is 41.0 Å². The summed E-state index contributed by atoms with van der Waals surface area (Å²) in [4.78, 5) is 0. The Balaban J connectivity index is 2.07. The first-order valence-electron chi connectivity index (χ1n) is 9.14. The lowest BCUT2D eigenvalue weighted by molar-refractivity contribution is -0.318. The van der Waals surface area contributed by atoms with Gasteiger partial charge >= 0.3 is 0 Å². The number of rotatable bonds is 2. The summed E-state index contributed by atoms with van der Waals surface area (Å²) < 4.78 is 12.6. The molecule has 0 unspecified atom stereocenters. The Hall–Kier alpha value is -0.0800. The first-order chi connectivity index (χ1) is 9.86. The smallest absolute Gasteiger partial charge is 0.174 e. The second kappa shape index (κ2) is 4.96. The molecule has 2 nitrogen and oxygen atoms in total. The Kier molecular flexibility index (Phi) is 3.73. The minimum absolute atomic E-state index is 0.141. The van der Waals surface area contributed by atoms with E-state index in [1.54, 1.807) is 0 Å². The molecule has 122 valence electrons. The standard InChI is InChI=1S/C19H34O2/c1-6-15-8-9-18(14-15)16(3,4)10-11-19(17(18,5)7-2)20-12-13-21-19/h15H,6-14H2,1-5H3/t15-,17-,18+/m0/s1. The van der Waals surface area contributed by atoms with Crippen molar-refractivity contribution in [3.8, 4) is 0 Å². The molecule has 0 N–H and O–H groups in total. The maximum atomic E-state index is 6.31. The average molecular weight is 294 g/mol. The Morgan fingerprint density at radius 2 is 1.62 bits per heavy atom. The van der Waals surface area contributed by atoms with Crippen molar-refractivity contribution < 1.29 is 9.47 Å². The van der Waals surface area contributed by atoms with Gasteiger partial charge in [0.1, 0.15) is 0 Å². The van der Waals surface area contributed by atoms with Crippen LogP contribution in [-0.4, -0.2) is 19.0 Å². The molecule has 2 aliphatic carbocycles. The number of hydrogen-bond acceptors (Lipinski definition) is 2. The average Bonchev–Trinajstić information content (AvgIpc) is 3.11. The van der Waals surface area contributed by atoms with Gasteiger partial charge in [-0.2, -0.15) is 0 Å². The maximum absolute atomic E-state index is 6.31. The molecule has 1 saturated heterocycles. The summed E-state index contributed by atoms with van der Waals surface area (Å²) in [7, 11) is 0. The van der Waals surface area contributed by atoms with Gasteiger partial charge in [0.05, 0.1) is 13.2 Å². The zero-order valence-electron chi connectivity index (χ0n) is 14.8. The molecule has 3 aliphatic rings. The summed E-state index contributed by atoms with van der Waals surface area (Å²) in [5.74, 6) is 0.589. The molecule has 21 heavy (non-hydrogen) atoms. The van der Waals surface area contributed by atoms with Crippen LogP contribution in [0.15, 0.2) is 0 Å². The molecular formula is C19H34O2. The highest BCUT2D eigenvalue weighted by molar-refractivity contribution is 5.16. The topological polar surface area (TPSA) is 18.5 Å². The predicted molar refractivity (Wildman–Crippen MR) is 86.1 cm³/mol. The molecule has 0 amide bonds. The lowest BCUT2D eigenvalue weighted by Crippen LogP contribution is -2.64. The normalized spacial score (nSPS) is 44.7. The van der Waals surface area contributed by atoms with Gasteiger partial charge in [0.2, 0.25) is 0 Å². The van der Waals surface area contributed by atoms with Crippen LogP contribution in [-0.2, 0) is 9.47 Å². The largest absolute Gasteiger partial charge is 0.347 e. The lowest BCUT2D eigenvalue weighted by Gasteiger charge is -2.65. The molecule has 0 aromatic heterocycles. The monoisotopic (exact) mass is 294 g/mol. The first-order valence-corrected chi connectivity index (χ1v) is 9.14. The maximum Gasteiger partial charge on any atom is 0.174 e. The van der Waals surface area contributed by atoms with Crippen molar-refractivity contribution in [2.45, 2.75) is 85.4 Å². The summed E-state index contributed by atoms with van der Waals surface area (Å²) in [5.41, 5.74) is 0.905. The molecule has 0 aromatic carbocycles. The SMILES string of the molecule is CC[C@H]1CC[C@@]2(C1)C(C)(C)CCC1(OCCO1)[C@@]2(C)CC. The van der Waals surface area contributed by atoms with Gasteiger partial charge in [-0.15, -0.1) is 0 Å². The van der Waals surface area contributed by atoms with E-state index in [9.17, 15) is 0 Å². The lowest BCUT2D eigenvalue weighted by atomic mass is 9.43. The van der Waals surface area contributed by atoms with Crippen LogP contribution in [0.1, 0.15) is 79.6 Å². The zero-order chi connectivity index (χ0) is 15.4. The van der Waals surface area contributed by atoms with Crippen molar-refractivity contribution in [3.05, 3.63) is 0 Å². The molecule has 0 radical (unpaired) electrons. The van der Waals surface area contributed by atoms with E-state index in [1.807, 2.05) is 0 Å². The Labute approximate surface area is 131 Å². The molecular weight excluding hydrogens is 260 g/mol. The third-order valence-corrected chi connectivity index (χ3v) is 7.93. The van der Waals surface area contributed by atoms with Crippen LogP contribution in [0, 0.1) is 22.2 Å². The van der Waals surface area contributed by atoms with Crippen molar-refractivity contribution in [1.82, 2.24) is 0 Å². The number of ether oxygens (including phenoxy) is 2. The fourth-order valence-electron chi connectivity index (χ4n) is 6.24. The Morgan fingerprint density at radius 1 is 0.952 bits per heavy atom. The van der Waals surface area contributed by atoms with Crippen LogP contribution in [0.2, 0.25) is 0 Å². The quantitative estimate of drug-likeness (QED) is 0.700. The summed E-state index contributed by atoms with van der Waals surface area (Å²) in [6, 6.07) is 0. The van der Waals surface area contributed by atoms with Gasteiger partial charge in [-0.25, -0.2) is 0 Å². The first kappa shape index (κ1) is 15.8. The van der Waals surface area contributed by atoms with E-state index >= 15 is 0 Å². The second-order valence-corrected chi connectivity index (χ2v) is 8.62. The minimum Gasteiger partial charge on any atom is -0.347 e. The molecule has 2 spiro atoms. The van der Waals surface area contributed by atoms with E-state index in [0.29, 0.717) is 10.8 Å². The van der Waals surface area contributed by atoms with Crippen molar-refractivity contribution in [2.24, 2.45) is 22.2 Å². The van der Waals surface area contributed by atoms with Gasteiger partial charge < -0.3 is 9.47 Å². The second-order valence-electron chi connectivity index (χ2n) is 8.62. The molecule has 0 bridgehead atoms. The Bertz CT molecular complexity index is 396. The summed E-state index contributed by atoms with van der Waals surface area (Å²) in [6.45, 7) is 13.8. The fraction of sp³-hybridized carbons (Fsp3) is 1.00. The van der Waals surface area contributed by atoms with Crippen LogP contribution in [0.25, 0.3) is 0 Å². The van der Waals surface area contributed by atoms with Gasteiger partial charge in [0, 0.05) is 11.8 Å². The summed E-state index contributed by atoms with van der Waals surface area (Å²) in [5, 5.41) is 0. The molecule has 1 aliphatic heterocycles. The van der Waals surface area contributed by atoms with Gasteiger partial charge in [0.15, 0.2) is 5.79 Å². The Morgan fingerprint density at radius 3 is 2.14 bits per heavy atom. The number of hydrogen-bond donors (Lipinski definition) is 0. The van der Waals surface area contributed by atoms with Crippen molar-refractivity contribution in [1.29, 1.82) is 0 Å². The molecule has 2 heteroatoms. The molecule has 2 saturated carbocycles. The third-order valence-electron chi connectivity index (χ3n) is 7.93. The van der Waals surface area contributed by atoms with E-state index in [4.69, 9.17) is 9.47 Å². The van der Waals surface area contributed by atoms with Crippen LogP contribution in [0.5, 0.6) is 0 Å². The van der Waals surface area contributed by atoms with Crippen molar-refractivity contribution in [3.63, 3.8) is 0 Å². The van der Waals surface area contributed by atoms with Gasteiger partial charge in [0.25, 0.3) is 0 Å². The summed E-state index contributed by atoms with van der Waals surface area (Å²) >= 11 is 0. The highest BCUT2D eigenvalue weighted by atomic mass is 16.7. The highest BCUT2D eigenvalue weighted by Gasteiger charge is 2.70. The van der Waals surface area contributed by atoms with E-state index in [-0.39, 0.29) is 11.2 Å². The van der Waals surface area contributed by atoms with Gasteiger partial charge in [-0.3, -0.25) is 0 Å². The van der Waals surface area contributed by atoms with E-state index in [0.717, 1.165) is 32.0 Å². The zero-order valence-corrected chi connectivity index (χ0v) is 14.8. The predicted octanol–water partition coefficient (Wildman–Crippen LogP) is 5.16. The molecule has 3 atom stereocenters. The van der Waals surface area contributed by atoms with Crippen molar-refractivity contribution >= 4 is 0 Å². The van der Waals surface area contributed by atoms with Crippen LogP contribution in [0.3, 0.4) is 0 Å². The van der Waals surface area contributed by atoms with Crippen molar-refractivity contribution in [2.75, 3.05) is 13.2 Å². The van der Waals surface area contributed by atoms with E-state index in [2.05, 4.69) is 34.6 Å². The van der Waals surface area contributed by atoms with E-state index < -0.39 is 0 Å². The fourth-order valence-corrected chi connectivity index (χ4v) is 6.24. The van der Waals surface area contributed by atoms with Crippen LogP contribution >= 0.6 is 0 Å². The molecule has 1 heterocycles. The molecule has 3 rings (SSSR count). The summed E-state index contributed by atoms with van der Waals surface area (Å²) in [6.07, 6.45) is 8.92.